The molecular weight excluding hydrogens is 530 g/mol. The van der Waals surface area contributed by atoms with Crippen LogP contribution in [0.1, 0.15) is 46.6 Å². The molecule has 2 aromatic rings. The standard InChI is InChI=1S/C29H43N5O7/c1-18(2)11-21(30)25(36)31-15-29(16-40-17-29)32-13-24(35)33-22(26(37)39-6)12-19-14-34(27(38)41-28(3,4)5)23-10-8-7-9-20(19)23/h7-10,14,18,21-22,32H,11-13,15-17,30H2,1-6H3,(H,31,36)(H,33,35)/t21-,22-/m0/s1. The average Bonchev–Trinajstić information content (AvgIpc) is 3.24. The summed E-state index contributed by atoms with van der Waals surface area (Å²) in [6.45, 7) is 10.1. The smallest absolute Gasteiger partial charge is 0.419 e. The van der Waals surface area contributed by atoms with E-state index in [2.05, 4.69) is 16.0 Å². The van der Waals surface area contributed by atoms with Crippen LogP contribution in [0.4, 0.5) is 4.79 Å². The molecule has 12 heteroatoms. The molecule has 0 bridgehead atoms. The minimum atomic E-state index is -1.01. The zero-order valence-electron chi connectivity index (χ0n) is 24.7. The number of carbonyl (C=O) groups is 4. The van der Waals surface area contributed by atoms with Crippen LogP contribution in [0.25, 0.3) is 10.9 Å². The van der Waals surface area contributed by atoms with Crippen molar-refractivity contribution < 1.29 is 33.4 Å². The predicted octanol–water partition coefficient (Wildman–Crippen LogP) is 1.47. The number of hydrogen-bond donors (Lipinski definition) is 4. The third-order valence-electron chi connectivity index (χ3n) is 6.67. The number of nitrogens with zero attached hydrogens (tertiary/aromatic N) is 1. The number of nitrogens with two attached hydrogens (primary N) is 1. The van der Waals surface area contributed by atoms with Gasteiger partial charge in [-0.1, -0.05) is 32.0 Å². The van der Waals surface area contributed by atoms with Gasteiger partial charge in [-0.25, -0.2) is 9.59 Å². The van der Waals surface area contributed by atoms with Crippen LogP contribution in [0.15, 0.2) is 30.5 Å². The SMILES string of the molecule is COC(=O)[C@H](Cc1cn(C(=O)OC(C)(C)C)c2ccccc12)NC(=O)CNC1(CNC(=O)[C@@H](N)CC(C)C)COC1. The number of hydrogen-bond acceptors (Lipinski definition) is 9. The lowest BCUT2D eigenvalue weighted by Gasteiger charge is -2.42. The summed E-state index contributed by atoms with van der Waals surface area (Å²) in [6, 6.07) is 5.64. The summed E-state index contributed by atoms with van der Waals surface area (Å²) in [7, 11) is 1.25. The van der Waals surface area contributed by atoms with E-state index < -0.39 is 41.2 Å². The zero-order valence-corrected chi connectivity index (χ0v) is 24.7. The number of para-hydroxylation sites is 1. The number of ether oxygens (including phenoxy) is 3. The molecule has 3 rings (SSSR count). The molecule has 0 spiro atoms. The molecular formula is C29H43N5O7. The van der Waals surface area contributed by atoms with E-state index in [9.17, 15) is 19.2 Å². The molecule has 0 aliphatic carbocycles. The first-order valence-electron chi connectivity index (χ1n) is 13.8. The molecule has 1 saturated heterocycles. The molecule has 2 amide bonds. The van der Waals surface area contributed by atoms with Crippen molar-refractivity contribution in [1.29, 1.82) is 0 Å². The first-order chi connectivity index (χ1) is 19.2. The quantitative estimate of drug-likeness (QED) is 0.275. The van der Waals surface area contributed by atoms with Gasteiger partial charge < -0.3 is 30.6 Å². The molecule has 0 unspecified atom stereocenters. The average molecular weight is 574 g/mol. The van der Waals surface area contributed by atoms with E-state index in [0.717, 1.165) is 5.39 Å². The zero-order chi connectivity index (χ0) is 30.4. The first kappa shape index (κ1) is 32.0. The van der Waals surface area contributed by atoms with Gasteiger partial charge in [-0.05, 0) is 44.7 Å². The number of nitrogens with one attached hydrogen (secondary N) is 3. The Morgan fingerprint density at radius 3 is 2.41 bits per heavy atom. The van der Waals surface area contributed by atoms with Gasteiger partial charge in [-0.3, -0.25) is 19.5 Å². The predicted molar refractivity (Wildman–Crippen MR) is 153 cm³/mol. The highest BCUT2D eigenvalue weighted by Gasteiger charge is 2.39. The fourth-order valence-corrected chi connectivity index (χ4v) is 4.56. The van der Waals surface area contributed by atoms with Gasteiger partial charge in [0.05, 0.1) is 44.0 Å². The van der Waals surface area contributed by atoms with E-state index in [-0.39, 0.29) is 31.3 Å². The number of carbonyl (C=O) groups excluding carboxylic acids is 4. The number of esters is 1. The lowest BCUT2D eigenvalue weighted by molar-refractivity contribution is -0.145. The maximum atomic E-state index is 12.9. The summed E-state index contributed by atoms with van der Waals surface area (Å²) in [5, 5.41) is 9.48. The highest BCUT2D eigenvalue weighted by atomic mass is 16.6. The summed E-state index contributed by atoms with van der Waals surface area (Å²) in [6.07, 6.45) is 1.73. The second kappa shape index (κ2) is 13.5. The molecule has 2 atom stereocenters. The van der Waals surface area contributed by atoms with E-state index in [4.69, 9.17) is 19.9 Å². The molecule has 226 valence electrons. The molecule has 1 fully saturated rings. The molecule has 12 nitrogen and oxygen atoms in total. The molecule has 0 saturated carbocycles. The number of rotatable bonds is 12. The Bertz CT molecular complexity index is 1250. The largest absolute Gasteiger partial charge is 0.467 e. The van der Waals surface area contributed by atoms with Gasteiger partial charge >= 0.3 is 12.1 Å². The van der Waals surface area contributed by atoms with Gasteiger partial charge in [0.25, 0.3) is 0 Å². The first-order valence-corrected chi connectivity index (χ1v) is 13.8. The van der Waals surface area contributed by atoms with Gasteiger partial charge in [0, 0.05) is 24.5 Å². The molecule has 2 heterocycles. The third kappa shape index (κ3) is 8.75. The monoisotopic (exact) mass is 573 g/mol. The van der Waals surface area contributed by atoms with E-state index >= 15 is 0 Å². The van der Waals surface area contributed by atoms with Gasteiger partial charge in [-0.2, -0.15) is 0 Å². The molecule has 5 N–H and O–H groups in total. The minimum Gasteiger partial charge on any atom is -0.467 e. The summed E-state index contributed by atoms with van der Waals surface area (Å²) in [4.78, 5) is 50.8. The van der Waals surface area contributed by atoms with Crippen molar-refractivity contribution in [2.45, 2.75) is 70.7 Å². The lowest BCUT2D eigenvalue weighted by atomic mass is 9.96. The maximum absolute atomic E-state index is 12.9. The minimum absolute atomic E-state index is 0.0901. The van der Waals surface area contributed by atoms with Crippen molar-refractivity contribution in [3.63, 3.8) is 0 Å². The Balaban J connectivity index is 1.67. The molecule has 1 aliphatic rings. The lowest BCUT2D eigenvalue weighted by Crippen LogP contribution is -2.68. The fourth-order valence-electron chi connectivity index (χ4n) is 4.56. The Hall–Kier alpha value is -3.48. The van der Waals surface area contributed by atoms with Crippen LogP contribution in [0, 0.1) is 5.92 Å². The summed E-state index contributed by atoms with van der Waals surface area (Å²) >= 11 is 0. The van der Waals surface area contributed by atoms with Crippen LogP contribution in [0.5, 0.6) is 0 Å². The summed E-state index contributed by atoms with van der Waals surface area (Å²) < 4.78 is 17.2. The second-order valence-corrected chi connectivity index (χ2v) is 11.9. The van der Waals surface area contributed by atoms with Crippen molar-refractivity contribution >= 4 is 34.8 Å². The Morgan fingerprint density at radius 2 is 1.83 bits per heavy atom. The number of methoxy groups -OCH3 is 1. The number of fused-ring (bicyclic) bond motifs is 1. The topological polar surface area (TPSA) is 163 Å². The van der Waals surface area contributed by atoms with Crippen LogP contribution in [0.3, 0.4) is 0 Å². The normalized spacial score (nSPS) is 16.0. The van der Waals surface area contributed by atoms with Gasteiger partial charge in [-0.15, -0.1) is 0 Å². The molecule has 0 radical (unpaired) electrons. The molecule has 1 aromatic carbocycles. The Morgan fingerprint density at radius 1 is 1.15 bits per heavy atom. The Labute approximate surface area is 240 Å². The van der Waals surface area contributed by atoms with Crippen molar-refractivity contribution in [2.24, 2.45) is 11.7 Å². The van der Waals surface area contributed by atoms with Crippen LogP contribution >= 0.6 is 0 Å². The molecule has 1 aromatic heterocycles. The van der Waals surface area contributed by atoms with Gasteiger partial charge in [0.15, 0.2) is 0 Å². The fraction of sp³-hybridized carbons (Fsp3) is 0.586. The van der Waals surface area contributed by atoms with Gasteiger partial charge in [0.1, 0.15) is 11.6 Å². The van der Waals surface area contributed by atoms with E-state index in [0.29, 0.717) is 30.7 Å². The van der Waals surface area contributed by atoms with Crippen molar-refractivity contribution in [3.05, 3.63) is 36.0 Å². The summed E-state index contributed by atoms with van der Waals surface area (Å²) in [5.74, 6) is -1.03. The number of benzene rings is 1. The highest BCUT2D eigenvalue weighted by Crippen LogP contribution is 2.24. The van der Waals surface area contributed by atoms with Crippen LogP contribution in [0.2, 0.25) is 0 Å². The molecule has 1 aliphatic heterocycles. The van der Waals surface area contributed by atoms with Crippen LogP contribution in [-0.4, -0.2) is 85.1 Å². The number of amides is 2. The van der Waals surface area contributed by atoms with Crippen molar-refractivity contribution in [1.82, 2.24) is 20.5 Å². The third-order valence-corrected chi connectivity index (χ3v) is 6.67. The maximum Gasteiger partial charge on any atom is 0.419 e. The highest BCUT2D eigenvalue weighted by molar-refractivity contribution is 5.93. The van der Waals surface area contributed by atoms with Crippen molar-refractivity contribution in [2.75, 3.05) is 33.4 Å². The second-order valence-electron chi connectivity index (χ2n) is 11.9. The van der Waals surface area contributed by atoms with Crippen molar-refractivity contribution in [3.8, 4) is 0 Å². The molecule has 41 heavy (non-hydrogen) atoms. The van der Waals surface area contributed by atoms with Gasteiger partial charge in [0.2, 0.25) is 11.8 Å². The van der Waals surface area contributed by atoms with E-state index in [1.54, 1.807) is 39.1 Å². The van der Waals surface area contributed by atoms with E-state index in [1.165, 1.54) is 11.7 Å². The Kier molecular flexibility index (Phi) is 10.5. The van der Waals surface area contributed by atoms with Crippen LogP contribution in [-0.2, 0) is 35.0 Å². The van der Waals surface area contributed by atoms with E-state index in [1.807, 2.05) is 26.0 Å². The van der Waals surface area contributed by atoms with Crippen LogP contribution < -0.4 is 21.7 Å². The number of aromatic nitrogens is 1. The summed E-state index contributed by atoms with van der Waals surface area (Å²) in [5.41, 5.74) is 5.95.